The number of thiazole rings is 1. The van der Waals surface area contributed by atoms with E-state index in [0.29, 0.717) is 6.42 Å². The number of hydrogen-bond donors (Lipinski definition) is 0. The van der Waals surface area contributed by atoms with Gasteiger partial charge in [-0.15, -0.1) is 11.3 Å². The summed E-state index contributed by atoms with van der Waals surface area (Å²) in [5, 5.41) is 3.18. The molecule has 25 heavy (non-hydrogen) atoms. The smallest absolute Gasteiger partial charge is 0.231 e. The number of benzene rings is 2. The molecule has 0 saturated heterocycles. The molecule has 5 rings (SSSR count). The number of aryl methyl sites for hydroxylation is 2. The Bertz CT molecular complexity index is 1000. The summed E-state index contributed by atoms with van der Waals surface area (Å²) in [6.07, 6.45) is 2.63. The van der Waals surface area contributed by atoms with Gasteiger partial charge in [-0.25, -0.2) is 4.98 Å². The van der Waals surface area contributed by atoms with Crippen molar-refractivity contribution in [1.82, 2.24) is 4.98 Å². The second-order valence-electron chi connectivity index (χ2n) is 6.88. The van der Waals surface area contributed by atoms with Gasteiger partial charge in [0.25, 0.3) is 0 Å². The summed E-state index contributed by atoms with van der Waals surface area (Å²) in [5.41, 5.74) is 8.21. The third-order valence-corrected chi connectivity index (χ3v) is 5.96. The van der Waals surface area contributed by atoms with Crippen LogP contribution in [-0.2, 0) is 17.6 Å². The average Bonchev–Trinajstić information content (AvgIpc) is 3.22. The Hall–Kier alpha value is -2.46. The maximum Gasteiger partial charge on any atom is 0.231 e. The number of aromatic nitrogens is 1. The zero-order valence-electron chi connectivity index (χ0n) is 14.1. The first-order valence-corrected chi connectivity index (χ1v) is 9.56. The summed E-state index contributed by atoms with van der Waals surface area (Å²) in [6, 6.07) is 12.9. The lowest BCUT2D eigenvalue weighted by Crippen LogP contribution is -2.31. The molecule has 3 nitrogen and oxygen atoms in total. The van der Waals surface area contributed by atoms with E-state index in [1.54, 1.807) is 11.3 Å². The van der Waals surface area contributed by atoms with Crippen molar-refractivity contribution in [1.29, 1.82) is 0 Å². The Morgan fingerprint density at radius 1 is 1.12 bits per heavy atom. The fourth-order valence-electron chi connectivity index (χ4n) is 3.94. The van der Waals surface area contributed by atoms with Crippen LogP contribution in [0.25, 0.3) is 21.8 Å². The van der Waals surface area contributed by atoms with Crippen LogP contribution in [-0.4, -0.2) is 17.4 Å². The van der Waals surface area contributed by atoms with Crippen LogP contribution in [0.4, 0.5) is 5.69 Å². The normalized spacial score (nSPS) is 15.6. The van der Waals surface area contributed by atoms with Gasteiger partial charge >= 0.3 is 0 Å². The SMILES string of the molecule is Cc1cccc(-c2nc(-c3cc4c5c(c3)CC(=O)N5CCC4)cs2)c1. The van der Waals surface area contributed by atoms with Crippen LogP contribution in [0.15, 0.2) is 41.8 Å². The first-order chi connectivity index (χ1) is 12.2. The minimum atomic E-state index is 0.242. The minimum Gasteiger partial charge on any atom is -0.312 e. The van der Waals surface area contributed by atoms with Crippen LogP contribution in [0.2, 0.25) is 0 Å². The van der Waals surface area contributed by atoms with E-state index in [9.17, 15) is 4.79 Å². The van der Waals surface area contributed by atoms with Crippen molar-refractivity contribution in [3.05, 3.63) is 58.5 Å². The second-order valence-corrected chi connectivity index (χ2v) is 7.73. The monoisotopic (exact) mass is 346 g/mol. The highest BCUT2D eigenvalue weighted by atomic mass is 32.1. The first kappa shape index (κ1) is 14.8. The van der Waals surface area contributed by atoms with Crippen molar-refractivity contribution < 1.29 is 4.79 Å². The van der Waals surface area contributed by atoms with Crippen LogP contribution >= 0.6 is 11.3 Å². The molecule has 3 aromatic rings. The van der Waals surface area contributed by atoms with E-state index < -0.39 is 0 Å². The lowest BCUT2D eigenvalue weighted by atomic mass is 9.96. The molecular formula is C21H18N2OS. The van der Waals surface area contributed by atoms with Crippen LogP contribution < -0.4 is 4.90 Å². The van der Waals surface area contributed by atoms with Gasteiger partial charge in [0.15, 0.2) is 0 Å². The number of carbonyl (C=O) groups is 1. The third-order valence-electron chi connectivity index (χ3n) is 5.07. The lowest BCUT2D eigenvalue weighted by molar-refractivity contribution is -0.117. The fraction of sp³-hybridized carbons (Fsp3) is 0.238. The van der Waals surface area contributed by atoms with E-state index >= 15 is 0 Å². The second kappa shape index (κ2) is 5.53. The minimum absolute atomic E-state index is 0.242. The van der Waals surface area contributed by atoms with Crippen molar-refractivity contribution in [2.75, 3.05) is 11.4 Å². The van der Waals surface area contributed by atoms with Gasteiger partial charge in [0.2, 0.25) is 5.91 Å². The molecule has 2 aliphatic heterocycles. The molecule has 0 spiro atoms. The van der Waals surface area contributed by atoms with Gasteiger partial charge < -0.3 is 4.90 Å². The molecule has 1 amide bonds. The average molecular weight is 346 g/mol. The van der Waals surface area contributed by atoms with Crippen molar-refractivity contribution >= 4 is 22.9 Å². The molecule has 0 fully saturated rings. The zero-order valence-corrected chi connectivity index (χ0v) is 14.9. The summed E-state index contributed by atoms with van der Waals surface area (Å²) in [7, 11) is 0. The number of nitrogens with zero attached hydrogens (tertiary/aromatic N) is 2. The predicted molar refractivity (Wildman–Crippen MR) is 102 cm³/mol. The molecule has 1 aromatic heterocycles. The summed E-state index contributed by atoms with van der Waals surface area (Å²) in [6.45, 7) is 2.97. The lowest BCUT2D eigenvalue weighted by Gasteiger charge is -2.25. The van der Waals surface area contributed by atoms with Crippen molar-refractivity contribution in [2.45, 2.75) is 26.2 Å². The van der Waals surface area contributed by atoms with Gasteiger partial charge in [-0.1, -0.05) is 23.8 Å². The van der Waals surface area contributed by atoms with E-state index in [-0.39, 0.29) is 5.91 Å². The van der Waals surface area contributed by atoms with E-state index in [1.165, 1.54) is 27.9 Å². The highest BCUT2D eigenvalue weighted by molar-refractivity contribution is 7.13. The summed E-state index contributed by atoms with van der Waals surface area (Å²) >= 11 is 1.68. The van der Waals surface area contributed by atoms with E-state index in [1.807, 2.05) is 4.90 Å². The highest BCUT2D eigenvalue weighted by Crippen LogP contribution is 2.40. The van der Waals surface area contributed by atoms with Crippen LogP contribution in [0, 0.1) is 6.92 Å². The van der Waals surface area contributed by atoms with Crippen LogP contribution in [0.3, 0.4) is 0 Å². The zero-order chi connectivity index (χ0) is 17.0. The number of amides is 1. The number of hydrogen-bond acceptors (Lipinski definition) is 3. The number of anilines is 1. The molecule has 2 aromatic carbocycles. The Balaban J connectivity index is 1.57. The van der Waals surface area contributed by atoms with Crippen LogP contribution in [0.1, 0.15) is 23.1 Å². The molecule has 0 saturated carbocycles. The van der Waals surface area contributed by atoms with Crippen molar-refractivity contribution in [3.8, 4) is 21.8 Å². The molecule has 0 bridgehead atoms. The Morgan fingerprint density at radius 3 is 2.88 bits per heavy atom. The quantitative estimate of drug-likeness (QED) is 0.678. The van der Waals surface area contributed by atoms with E-state index in [0.717, 1.165) is 35.7 Å². The highest BCUT2D eigenvalue weighted by Gasteiger charge is 2.32. The molecule has 0 N–H and O–H groups in total. The van der Waals surface area contributed by atoms with Gasteiger partial charge in [-0.3, -0.25) is 4.79 Å². The number of carbonyl (C=O) groups excluding carboxylic acids is 1. The van der Waals surface area contributed by atoms with E-state index in [2.05, 4.69) is 48.7 Å². The third kappa shape index (κ3) is 2.40. The summed E-state index contributed by atoms with van der Waals surface area (Å²) < 4.78 is 0. The molecular weight excluding hydrogens is 328 g/mol. The Labute approximate surface area is 151 Å². The first-order valence-electron chi connectivity index (χ1n) is 8.68. The maximum absolute atomic E-state index is 12.2. The van der Waals surface area contributed by atoms with Crippen LogP contribution in [0.5, 0.6) is 0 Å². The topological polar surface area (TPSA) is 33.2 Å². The molecule has 4 heteroatoms. The van der Waals surface area contributed by atoms with Gasteiger partial charge in [0, 0.05) is 23.1 Å². The fourth-order valence-corrected chi connectivity index (χ4v) is 4.77. The predicted octanol–water partition coefficient (Wildman–Crippen LogP) is 4.62. The van der Waals surface area contributed by atoms with Gasteiger partial charge in [-0.05, 0) is 49.1 Å². The largest absolute Gasteiger partial charge is 0.312 e. The van der Waals surface area contributed by atoms with Gasteiger partial charge in [-0.2, -0.15) is 0 Å². The molecule has 3 heterocycles. The molecule has 0 radical (unpaired) electrons. The summed E-state index contributed by atoms with van der Waals surface area (Å²) in [4.78, 5) is 19.1. The standard InChI is InChI=1S/C21H18N2OS/c1-13-4-2-5-15(8-13)21-22-18(12-25-21)16-9-14-6-3-7-23-19(24)11-17(10-16)20(14)23/h2,4-5,8-10,12H,3,6-7,11H2,1H3. The Morgan fingerprint density at radius 2 is 2.00 bits per heavy atom. The maximum atomic E-state index is 12.2. The van der Waals surface area contributed by atoms with Gasteiger partial charge in [0.1, 0.15) is 5.01 Å². The molecule has 2 aliphatic rings. The number of rotatable bonds is 2. The molecule has 0 aliphatic carbocycles. The Kier molecular flexibility index (Phi) is 3.28. The van der Waals surface area contributed by atoms with Gasteiger partial charge in [0.05, 0.1) is 17.8 Å². The van der Waals surface area contributed by atoms with E-state index in [4.69, 9.17) is 4.98 Å². The van der Waals surface area contributed by atoms with Crippen molar-refractivity contribution in [3.63, 3.8) is 0 Å². The molecule has 0 atom stereocenters. The molecule has 124 valence electrons. The van der Waals surface area contributed by atoms with Crippen molar-refractivity contribution in [2.24, 2.45) is 0 Å². The summed E-state index contributed by atoms with van der Waals surface area (Å²) in [5.74, 6) is 0.242. The molecule has 0 unspecified atom stereocenters.